The van der Waals surface area contributed by atoms with Gasteiger partial charge in [-0.25, -0.2) is 0 Å². The monoisotopic (exact) mass is 388 g/mol. The Bertz CT molecular complexity index is 408. The van der Waals surface area contributed by atoms with Crippen LogP contribution < -0.4 is 11.1 Å². The van der Waals surface area contributed by atoms with Crippen LogP contribution in [0.3, 0.4) is 0 Å². The number of nitrogens with one attached hydrogen (secondary N) is 1. The Morgan fingerprint density at radius 1 is 1.35 bits per heavy atom. The van der Waals surface area contributed by atoms with Crippen molar-refractivity contribution < 1.29 is 0 Å². The molecule has 0 saturated carbocycles. The Hall–Kier alpha value is -0.820. The van der Waals surface area contributed by atoms with E-state index in [2.05, 4.69) is 22.1 Å². The van der Waals surface area contributed by atoms with Gasteiger partial charge >= 0.3 is 0 Å². The maximum absolute atomic E-state index is 5.88. The minimum Gasteiger partial charge on any atom is -0.370 e. The minimum atomic E-state index is 0. The Balaban J connectivity index is 0.00000200. The number of hydrogen-bond donors (Lipinski definition) is 2. The smallest absolute Gasteiger partial charge is 0.193 e. The molecule has 1 heterocycles. The van der Waals surface area contributed by atoms with E-state index in [1.807, 2.05) is 30.3 Å². The number of nitrogens with zero attached hydrogens (tertiary/aromatic N) is 2. The van der Waals surface area contributed by atoms with Gasteiger partial charge < -0.3 is 11.1 Å². The van der Waals surface area contributed by atoms with Gasteiger partial charge in [0.1, 0.15) is 0 Å². The fourth-order valence-electron chi connectivity index (χ4n) is 2.50. The van der Waals surface area contributed by atoms with Crippen molar-refractivity contribution in [2.75, 3.05) is 25.0 Å². The van der Waals surface area contributed by atoms with Gasteiger partial charge in [-0.15, -0.1) is 24.0 Å². The lowest BCUT2D eigenvalue weighted by Crippen LogP contribution is -2.39. The van der Waals surface area contributed by atoms with Crippen molar-refractivity contribution in [3.05, 3.63) is 30.3 Å². The lowest BCUT2D eigenvalue weighted by Gasteiger charge is -2.32. The van der Waals surface area contributed by atoms with Gasteiger partial charge in [-0.05, 0) is 38.4 Å². The maximum Gasteiger partial charge on any atom is 0.193 e. The summed E-state index contributed by atoms with van der Waals surface area (Å²) < 4.78 is 0. The first-order valence-electron chi connectivity index (χ1n) is 7.12. The molecule has 4 nitrogen and oxygen atoms in total. The lowest BCUT2D eigenvalue weighted by atomic mass is 10.0. The Morgan fingerprint density at radius 2 is 2.10 bits per heavy atom. The highest BCUT2D eigenvalue weighted by Crippen LogP contribution is 2.15. The number of para-hydroxylation sites is 1. The van der Waals surface area contributed by atoms with Gasteiger partial charge in [0.25, 0.3) is 0 Å². The first-order chi connectivity index (χ1) is 9.25. The quantitative estimate of drug-likeness (QED) is 0.474. The maximum atomic E-state index is 5.88. The zero-order valence-corrected chi connectivity index (χ0v) is 14.4. The van der Waals surface area contributed by atoms with E-state index in [1.165, 1.54) is 25.8 Å². The van der Waals surface area contributed by atoms with Crippen LogP contribution in [-0.2, 0) is 0 Å². The molecule has 1 aliphatic heterocycles. The molecule has 0 aromatic heterocycles. The molecular weight excluding hydrogens is 363 g/mol. The van der Waals surface area contributed by atoms with Gasteiger partial charge in [-0.2, -0.15) is 0 Å². The molecule has 1 saturated heterocycles. The van der Waals surface area contributed by atoms with E-state index in [-0.39, 0.29) is 24.0 Å². The molecule has 112 valence electrons. The van der Waals surface area contributed by atoms with Gasteiger partial charge in [0.15, 0.2) is 5.96 Å². The van der Waals surface area contributed by atoms with Crippen molar-refractivity contribution in [2.24, 2.45) is 10.7 Å². The largest absolute Gasteiger partial charge is 0.370 e. The van der Waals surface area contributed by atoms with Crippen molar-refractivity contribution in [3.63, 3.8) is 0 Å². The number of hydrogen-bond acceptors (Lipinski definition) is 2. The summed E-state index contributed by atoms with van der Waals surface area (Å²) in [4.78, 5) is 6.89. The second-order valence-electron chi connectivity index (χ2n) is 5.14. The van der Waals surface area contributed by atoms with E-state index in [9.17, 15) is 0 Å². The molecule has 0 aliphatic carbocycles. The summed E-state index contributed by atoms with van der Waals surface area (Å²) in [6.07, 6.45) is 3.98. The second-order valence-corrected chi connectivity index (χ2v) is 5.14. The van der Waals surface area contributed by atoms with E-state index in [4.69, 9.17) is 5.73 Å². The van der Waals surface area contributed by atoms with Crippen molar-refractivity contribution in [2.45, 2.75) is 32.2 Å². The van der Waals surface area contributed by atoms with Gasteiger partial charge in [-0.1, -0.05) is 24.6 Å². The number of anilines is 1. The van der Waals surface area contributed by atoms with E-state index < -0.39 is 0 Å². The average Bonchev–Trinajstić information content (AvgIpc) is 2.42. The van der Waals surface area contributed by atoms with Gasteiger partial charge in [0.05, 0.1) is 6.54 Å². The highest BCUT2D eigenvalue weighted by atomic mass is 127. The van der Waals surface area contributed by atoms with Crippen molar-refractivity contribution >= 4 is 35.6 Å². The summed E-state index contributed by atoms with van der Waals surface area (Å²) in [5.74, 6) is 0.496. The zero-order valence-electron chi connectivity index (χ0n) is 12.1. The summed E-state index contributed by atoms with van der Waals surface area (Å²) in [6, 6.07) is 10.6. The van der Waals surface area contributed by atoms with Gasteiger partial charge in [0, 0.05) is 18.3 Å². The normalized spacial score (nSPS) is 20.2. The van der Waals surface area contributed by atoms with Gasteiger partial charge in [0.2, 0.25) is 0 Å². The van der Waals surface area contributed by atoms with Crippen LogP contribution in [0, 0.1) is 0 Å². The molecule has 1 atom stereocenters. The molecule has 20 heavy (non-hydrogen) atoms. The molecule has 0 bridgehead atoms. The zero-order chi connectivity index (χ0) is 13.5. The summed E-state index contributed by atoms with van der Waals surface area (Å²) >= 11 is 0. The minimum absolute atomic E-state index is 0. The molecule has 1 unspecified atom stereocenters. The van der Waals surface area contributed by atoms with Crippen LogP contribution in [-0.4, -0.2) is 36.5 Å². The Labute approximate surface area is 138 Å². The van der Waals surface area contributed by atoms with Gasteiger partial charge in [-0.3, -0.25) is 9.89 Å². The fourth-order valence-corrected chi connectivity index (χ4v) is 2.50. The molecule has 1 aromatic carbocycles. The summed E-state index contributed by atoms with van der Waals surface area (Å²) in [6.45, 7) is 5.26. The number of piperidine rings is 1. The molecule has 0 amide bonds. The molecule has 0 spiro atoms. The highest BCUT2D eigenvalue weighted by Gasteiger charge is 2.16. The molecule has 2 rings (SSSR count). The van der Waals surface area contributed by atoms with Crippen LogP contribution in [0.15, 0.2) is 35.3 Å². The molecule has 1 aromatic rings. The number of rotatable bonds is 4. The predicted octanol–water partition coefficient (Wildman–Crippen LogP) is 2.91. The first kappa shape index (κ1) is 17.2. The number of benzene rings is 1. The van der Waals surface area contributed by atoms with E-state index in [1.54, 1.807) is 0 Å². The number of likely N-dealkylation sites (tertiary alicyclic amines) is 1. The molecule has 3 N–H and O–H groups in total. The number of aliphatic imine (C=N–C) groups is 1. The third kappa shape index (κ3) is 5.66. The van der Waals surface area contributed by atoms with E-state index in [0.29, 0.717) is 12.0 Å². The van der Waals surface area contributed by atoms with Crippen LogP contribution in [0.5, 0.6) is 0 Å². The summed E-state index contributed by atoms with van der Waals surface area (Å²) in [5.41, 5.74) is 6.86. The average molecular weight is 388 g/mol. The van der Waals surface area contributed by atoms with Crippen LogP contribution in [0.1, 0.15) is 26.2 Å². The van der Waals surface area contributed by atoms with Crippen molar-refractivity contribution in [1.82, 2.24) is 4.90 Å². The second kappa shape index (κ2) is 9.18. The van der Waals surface area contributed by atoms with Crippen LogP contribution in [0.4, 0.5) is 5.69 Å². The Kier molecular flexibility index (Phi) is 7.91. The topological polar surface area (TPSA) is 53.6 Å². The standard InChI is InChI=1S/C15H24N4.HI/c1-13-7-5-6-11-19(13)12-10-17-15(16)18-14-8-3-2-4-9-14;/h2-4,8-9,13H,5-7,10-12H2,1H3,(H3,16,17,18);1H. The van der Waals surface area contributed by atoms with E-state index >= 15 is 0 Å². The first-order valence-corrected chi connectivity index (χ1v) is 7.12. The van der Waals surface area contributed by atoms with Crippen molar-refractivity contribution in [3.8, 4) is 0 Å². The van der Waals surface area contributed by atoms with Crippen LogP contribution in [0.2, 0.25) is 0 Å². The molecule has 1 aliphatic rings. The molecule has 5 heteroatoms. The molecule has 1 fully saturated rings. The SMILES string of the molecule is CC1CCCCN1CCN=C(N)Nc1ccccc1.I. The number of halogens is 1. The number of guanidine groups is 1. The predicted molar refractivity (Wildman–Crippen MR) is 96.9 cm³/mol. The summed E-state index contributed by atoms with van der Waals surface area (Å²) in [7, 11) is 0. The van der Waals surface area contributed by atoms with E-state index in [0.717, 1.165) is 18.8 Å². The lowest BCUT2D eigenvalue weighted by molar-refractivity contribution is 0.166. The third-order valence-corrected chi connectivity index (χ3v) is 3.66. The molecular formula is C15H25IN4. The highest BCUT2D eigenvalue weighted by molar-refractivity contribution is 14.0. The van der Waals surface area contributed by atoms with Crippen LogP contribution >= 0.6 is 24.0 Å². The van der Waals surface area contributed by atoms with Crippen molar-refractivity contribution in [1.29, 1.82) is 0 Å². The Morgan fingerprint density at radius 3 is 2.80 bits per heavy atom. The third-order valence-electron chi connectivity index (χ3n) is 3.66. The summed E-state index contributed by atoms with van der Waals surface area (Å²) in [5, 5.41) is 3.10. The fraction of sp³-hybridized carbons (Fsp3) is 0.533. The van der Waals surface area contributed by atoms with Crippen LogP contribution in [0.25, 0.3) is 0 Å². The number of nitrogens with two attached hydrogens (primary N) is 1. The molecule has 0 radical (unpaired) electrons.